The first kappa shape index (κ1) is 14.2. The molecule has 2 heterocycles. The predicted octanol–water partition coefficient (Wildman–Crippen LogP) is 1.90. The second kappa shape index (κ2) is 6.31. The van der Waals surface area contributed by atoms with Crippen molar-refractivity contribution in [1.29, 1.82) is 0 Å². The number of nitrogens with one attached hydrogen (secondary N) is 1. The maximum atomic E-state index is 12.0. The number of carbonyl (C=O) groups is 1. The van der Waals surface area contributed by atoms with E-state index in [0.717, 1.165) is 10.6 Å². The normalized spacial score (nSPS) is 15.3. The topological polar surface area (TPSA) is 86.5 Å². The summed E-state index contributed by atoms with van der Waals surface area (Å²) in [5.41, 5.74) is 7.50. The van der Waals surface area contributed by atoms with Crippen LogP contribution in [0.25, 0.3) is 0 Å². The van der Waals surface area contributed by atoms with Gasteiger partial charge >= 0.3 is 0 Å². The smallest absolute Gasteiger partial charge is 0.275 e. The first-order chi connectivity index (χ1) is 10.3. The van der Waals surface area contributed by atoms with Crippen LogP contribution >= 0.6 is 11.3 Å². The summed E-state index contributed by atoms with van der Waals surface area (Å²) in [5.74, 6) is -0.243. The van der Waals surface area contributed by atoms with Crippen molar-refractivity contribution in [2.45, 2.75) is 12.8 Å². The van der Waals surface area contributed by atoms with Gasteiger partial charge in [0.05, 0.1) is 13.2 Å². The molecule has 7 heteroatoms. The minimum absolute atomic E-state index is 0.243. The number of hydrogen-bond acceptors (Lipinski definition) is 6. The van der Waals surface area contributed by atoms with E-state index in [1.807, 2.05) is 24.3 Å². The number of nitrogens with zero attached hydrogens (tertiary/aromatic N) is 1. The van der Waals surface area contributed by atoms with Gasteiger partial charge in [0.2, 0.25) is 0 Å². The molecule has 0 aliphatic carbocycles. The van der Waals surface area contributed by atoms with Crippen LogP contribution in [-0.4, -0.2) is 24.1 Å². The van der Waals surface area contributed by atoms with Gasteiger partial charge in [-0.05, 0) is 12.1 Å². The van der Waals surface area contributed by atoms with Crippen LogP contribution < -0.4 is 11.1 Å². The quantitative estimate of drug-likeness (QED) is 0.901. The van der Waals surface area contributed by atoms with Crippen LogP contribution in [0.5, 0.6) is 0 Å². The highest BCUT2D eigenvalue weighted by Crippen LogP contribution is 2.24. The number of aromatic nitrogens is 1. The van der Waals surface area contributed by atoms with Crippen LogP contribution in [0.1, 0.15) is 27.3 Å². The van der Waals surface area contributed by atoms with E-state index in [9.17, 15) is 4.79 Å². The van der Waals surface area contributed by atoms with Crippen LogP contribution in [-0.2, 0) is 16.0 Å². The van der Waals surface area contributed by atoms with Gasteiger partial charge in [-0.2, -0.15) is 0 Å². The fourth-order valence-electron chi connectivity index (χ4n) is 1.98. The van der Waals surface area contributed by atoms with Crippen molar-refractivity contribution in [3.63, 3.8) is 0 Å². The Morgan fingerprint density at radius 1 is 1.33 bits per heavy atom. The Morgan fingerprint density at radius 3 is 2.67 bits per heavy atom. The van der Waals surface area contributed by atoms with Crippen LogP contribution in [0.15, 0.2) is 29.6 Å². The first-order valence-electron chi connectivity index (χ1n) is 6.55. The summed E-state index contributed by atoms with van der Waals surface area (Å²) >= 11 is 1.38. The van der Waals surface area contributed by atoms with Gasteiger partial charge in [-0.15, -0.1) is 11.3 Å². The number of ether oxygens (including phenoxy) is 2. The average molecular weight is 305 g/mol. The van der Waals surface area contributed by atoms with Gasteiger partial charge in [-0.3, -0.25) is 4.79 Å². The van der Waals surface area contributed by atoms with E-state index >= 15 is 0 Å². The molecule has 1 amide bonds. The molecule has 3 rings (SSSR count). The molecule has 0 atom stereocenters. The lowest BCUT2D eigenvalue weighted by molar-refractivity contribution is -0.0441. The predicted molar refractivity (Wildman–Crippen MR) is 79.0 cm³/mol. The summed E-state index contributed by atoms with van der Waals surface area (Å²) in [6.07, 6.45) is -0.305. The Morgan fingerprint density at radius 2 is 2.05 bits per heavy atom. The summed E-state index contributed by atoms with van der Waals surface area (Å²) in [4.78, 5) is 16.2. The maximum Gasteiger partial charge on any atom is 0.275 e. The van der Waals surface area contributed by atoms with Gasteiger partial charge in [-0.25, -0.2) is 4.98 Å². The minimum atomic E-state index is -0.305. The lowest BCUT2D eigenvalue weighted by Crippen LogP contribution is -2.12. The third-order valence-corrected chi connectivity index (χ3v) is 3.89. The molecule has 3 N–H and O–H groups in total. The van der Waals surface area contributed by atoms with Crippen LogP contribution in [0, 0.1) is 0 Å². The summed E-state index contributed by atoms with van der Waals surface area (Å²) < 4.78 is 10.8. The zero-order valence-electron chi connectivity index (χ0n) is 11.2. The molecule has 1 aliphatic heterocycles. The number of nitrogens with two attached hydrogens (primary N) is 1. The number of amides is 1. The molecule has 0 unspecified atom stereocenters. The van der Waals surface area contributed by atoms with Crippen molar-refractivity contribution in [3.05, 3.63) is 45.9 Å². The number of hydrogen-bond donors (Lipinski definition) is 2. The van der Waals surface area contributed by atoms with Crippen molar-refractivity contribution in [2.24, 2.45) is 5.73 Å². The van der Waals surface area contributed by atoms with Gasteiger partial charge in [0, 0.05) is 23.2 Å². The molecule has 0 radical (unpaired) electrons. The molecule has 2 aromatic rings. The van der Waals surface area contributed by atoms with Gasteiger partial charge < -0.3 is 20.5 Å². The van der Waals surface area contributed by atoms with Gasteiger partial charge in [0.15, 0.2) is 6.29 Å². The van der Waals surface area contributed by atoms with Crippen molar-refractivity contribution in [2.75, 3.05) is 18.5 Å². The summed E-state index contributed by atoms with van der Waals surface area (Å²) in [5, 5.41) is 5.24. The molecule has 0 saturated carbocycles. The zero-order chi connectivity index (χ0) is 14.7. The highest BCUT2D eigenvalue weighted by molar-refractivity contribution is 7.09. The molecular weight excluding hydrogens is 290 g/mol. The number of carbonyl (C=O) groups excluding carboxylic acids is 1. The monoisotopic (exact) mass is 305 g/mol. The second-order valence-electron chi connectivity index (χ2n) is 4.48. The Kier molecular flexibility index (Phi) is 4.26. The molecular formula is C14H15N3O3S. The standard InChI is InChI=1S/C14H15N3O3S/c15-7-12-17-11(8-21-12)13(18)16-10-3-1-9(2-4-10)14-19-5-6-20-14/h1-4,8,14H,5-7,15H2,(H,16,18). The van der Waals surface area contributed by atoms with E-state index in [1.165, 1.54) is 11.3 Å². The summed E-state index contributed by atoms with van der Waals surface area (Å²) in [6, 6.07) is 7.37. The Labute approximate surface area is 125 Å². The molecule has 1 aliphatic rings. The Bertz CT molecular complexity index is 621. The number of thiazole rings is 1. The highest BCUT2D eigenvalue weighted by atomic mass is 32.1. The van der Waals surface area contributed by atoms with Gasteiger partial charge in [-0.1, -0.05) is 12.1 Å². The lowest BCUT2D eigenvalue weighted by atomic mass is 10.2. The van der Waals surface area contributed by atoms with Gasteiger partial charge in [0.25, 0.3) is 5.91 Å². The third kappa shape index (κ3) is 3.27. The molecule has 1 aromatic carbocycles. The molecule has 1 fully saturated rings. The fourth-order valence-corrected chi connectivity index (χ4v) is 2.63. The highest BCUT2D eigenvalue weighted by Gasteiger charge is 2.18. The van der Waals surface area contributed by atoms with E-state index < -0.39 is 0 Å². The molecule has 0 bridgehead atoms. The van der Waals surface area contributed by atoms with Crippen LogP contribution in [0.4, 0.5) is 5.69 Å². The number of anilines is 1. The maximum absolute atomic E-state index is 12.0. The molecule has 0 spiro atoms. The molecule has 110 valence electrons. The molecule has 1 saturated heterocycles. The summed E-state index contributed by atoms with van der Waals surface area (Å²) in [6.45, 7) is 1.56. The lowest BCUT2D eigenvalue weighted by Gasteiger charge is -2.10. The Hall–Kier alpha value is -1.80. The van der Waals surface area contributed by atoms with E-state index in [4.69, 9.17) is 15.2 Å². The van der Waals surface area contributed by atoms with Crippen LogP contribution in [0.2, 0.25) is 0 Å². The molecule has 6 nitrogen and oxygen atoms in total. The third-order valence-electron chi connectivity index (χ3n) is 3.02. The van der Waals surface area contributed by atoms with Gasteiger partial charge in [0.1, 0.15) is 10.7 Å². The number of benzene rings is 1. The molecule has 1 aromatic heterocycles. The SMILES string of the molecule is NCc1nc(C(=O)Nc2ccc(C3OCCO3)cc2)cs1. The van der Waals surface area contributed by atoms with E-state index in [1.54, 1.807) is 5.38 Å². The van der Waals surface area contributed by atoms with Crippen molar-refractivity contribution in [3.8, 4) is 0 Å². The van der Waals surface area contributed by atoms with Crippen molar-refractivity contribution < 1.29 is 14.3 Å². The second-order valence-corrected chi connectivity index (χ2v) is 5.42. The zero-order valence-corrected chi connectivity index (χ0v) is 12.1. The van der Waals surface area contributed by atoms with Crippen LogP contribution in [0.3, 0.4) is 0 Å². The van der Waals surface area contributed by atoms with Crippen molar-refractivity contribution >= 4 is 22.9 Å². The molecule has 21 heavy (non-hydrogen) atoms. The largest absolute Gasteiger partial charge is 0.346 e. The first-order valence-corrected chi connectivity index (χ1v) is 7.43. The summed E-state index contributed by atoms with van der Waals surface area (Å²) in [7, 11) is 0. The fraction of sp³-hybridized carbons (Fsp3) is 0.286. The van der Waals surface area contributed by atoms with E-state index in [2.05, 4.69) is 10.3 Å². The van der Waals surface area contributed by atoms with E-state index in [0.29, 0.717) is 31.1 Å². The van der Waals surface area contributed by atoms with E-state index in [-0.39, 0.29) is 12.2 Å². The number of rotatable bonds is 4. The van der Waals surface area contributed by atoms with Crippen molar-refractivity contribution in [1.82, 2.24) is 4.98 Å². The average Bonchev–Trinajstić information content (AvgIpc) is 3.19. The minimum Gasteiger partial charge on any atom is -0.346 e. The Balaban J connectivity index is 1.65.